The second kappa shape index (κ2) is 7.80. The lowest BCUT2D eigenvalue weighted by atomic mass is 10.1. The molecule has 25 heavy (non-hydrogen) atoms. The highest BCUT2D eigenvalue weighted by atomic mass is 16.5. The van der Waals surface area contributed by atoms with E-state index in [4.69, 9.17) is 4.74 Å². The van der Waals surface area contributed by atoms with Crippen molar-refractivity contribution in [2.24, 2.45) is 0 Å². The summed E-state index contributed by atoms with van der Waals surface area (Å²) in [6, 6.07) is 8.19. The number of aromatic nitrogens is 2. The molecule has 0 aliphatic carbocycles. The fraction of sp³-hybridized carbons (Fsp3) is 0.474. The van der Waals surface area contributed by atoms with Gasteiger partial charge in [-0.05, 0) is 45.5 Å². The molecular formula is C19H26N4O2. The Morgan fingerprint density at radius 1 is 1.44 bits per heavy atom. The molecule has 0 radical (unpaired) electrons. The maximum Gasteiger partial charge on any atom is 0.249 e. The average molecular weight is 342 g/mol. The summed E-state index contributed by atoms with van der Waals surface area (Å²) in [6.45, 7) is 3.12. The number of rotatable bonds is 6. The van der Waals surface area contributed by atoms with Crippen LogP contribution in [-0.4, -0.2) is 53.7 Å². The standard InChI is InChI=1S/C19H26N4O2/c1-14(25-13-12-22(2)3)19(24)21-16-9-8-15-6-4-5-7-17(15)23-11-10-20-18(16)23/h4-7,10-11,14,16H,8-9,12-13H2,1-3H3,(H,21,24). The van der Waals surface area contributed by atoms with E-state index in [1.54, 1.807) is 13.1 Å². The van der Waals surface area contributed by atoms with Crippen molar-refractivity contribution in [1.82, 2.24) is 19.8 Å². The molecule has 2 unspecified atom stereocenters. The molecule has 6 nitrogen and oxygen atoms in total. The minimum Gasteiger partial charge on any atom is -0.367 e. The summed E-state index contributed by atoms with van der Waals surface area (Å²) >= 11 is 0. The topological polar surface area (TPSA) is 59.4 Å². The van der Waals surface area contributed by atoms with Crippen molar-refractivity contribution in [1.29, 1.82) is 0 Å². The minimum absolute atomic E-state index is 0.0933. The molecule has 134 valence electrons. The van der Waals surface area contributed by atoms with Crippen molar-refractivity contribution >= 4 is 5.91 Å². The predicted octanol–water partition coefficient (Wildman–Crippen LogP) is 1.94. The van der Waals surface area contributed by atoms with Gasteiger partial charge in [0, 0.05) is 24.6 Å². The number of ether oxygens (including phenoxy) is 1. The van der Waals surface area contributed by atoms with Gasteiger partial charge in [-0.3, -0.25) is 4.79 Å². The Bertz CT molecular complexity index is 726. The predicted molar refractivity (Wildman–Crippen MR) is 96.7 cm³/mol. The molecule has 1 aromatic carbocycles. The second-order valence-electron chi connectivity index (χ2n) is 6.70. The highest BCUT2D eigenvalue weighted by Gasteiger charge is 2.26. The first-order valence-electron chi connectivity index (χ1n) is 8.74. The summed E-state index contributed by atoms with van der Waals surface area (Å²) in [5.41, 5.74) is 2.41. The van der Waals surface area contributed by atoms with Crippen LogP contribution in [-0.2, 0) is 16.0 Å². The summed E-state index contributed by atoms with van der Waals surface area (Å²) < 4.78 is 7.71. The van der Waals surface area contributed by atoms with E-state index in [0.29, 0.717) is 6.61 Å². The van der Waals surface area contributed by atoms with Gasteiger partial charge >= 0.3 is 0 Å². The van der Waals surface area contributed by atoms with Crippen molar-refractivity contribution in [2.75, 3.05) is 27.2 Å². The SMILES string of the molecule is CC(OCCN(C)C)C(=O)NC1CCc2ccccc2-n2ccnc21. The van der Waals surface area contributed by atoms with Crippen molar-refractivity contribution in [2.45, 2.75) is 31.9 Å². The molecule has 1 aromatic heterocycles. The van der Waals surface area contributed by atoms with Crippen LogP contribution in [0.1, 0.15) is 30.8 Å². The molecule has 3 rings (SSSR count). The van der Waals surface area contributed by atoms with Crippen LogP contribution in [0.2, 0.25) is 0 Å². The first-order valence-corrected chi connectivity index (χ1v) is 8.74. The van der Waals surface area contributed by atoms with Gasteiger partial charge in [0.2, 0.25) is 5.91 Å². The van der Waals surface area contributed by atoms with E-state index in [1.165, 1.54) is 5.56 Å². The van der Waals surface area contributed by atoms with E-state index in [0.717, 1.165) is 30.9 Å². The van der Waals surface area contributed by atoms with Crippen LogP contribution in [0.3, 0.4) is 0 Å². The molecular weight excluding hydrogens is 316 g/mol. The lowest BCUT2D eigenvalue weighted by Crippen LogP contribution is -2.38. The van der Waals surface area contributed by atoms with Crippen LogP contribution in [0.25, 0.3) is 5.69 Å². The maximum absolute atomic E-state index is 12.5. The van der Waals surface area contributed by atoms with Gasteiger partial charge in [0.15, 0.2) is 0 Å². The quantitative estimate of drug-likeness (QED) is 0.872. The Morgan fingerprint density at radius 2 is 2.24 bits per heavy atom. The third-order valence-electron chi connectivity index (χ3n) is 4.53. The van der Waals surface area contributed by atoms with Crippen molar-refractivity contribution in [3.63, 3.8) is 0 Å². The van der Waals surface area contributed by atoms with Crippen molar-refractivity contribution < 1.29 is 9.53 Å². The first-order chi connectivity index (χ1) is 12.1. The Labute approximate surface area is 148 Å². The number of nitrogens with zero attached hydrogens (tertiary/aromatic N) is 3. The number of imidazole rings is 1. The normalized spacial score (nSPS) is 17.5. The van der Waals surface area contributed by atoms with E-state index < -0.39 is 6.10 Å². The highest BCUT2D eigenvalue weighted by molar-refractivity contribution is 5.80. The van der Waals surface area contributed by atoms with Crippen LogP contribution >= 0.6 is 0 Å². The highest BCUT2D eigenvalue weighted by Crippen LogP contribution is 2.28. The summed E-state index contributed by atoms with van der Waals surface area (Å²) in [7, 11) is 3.97. The number of carbonyl (C=O) groups is 1. The van der Waals surface area contributed by atoms with E-state index in [-0.39, 0.29) is 11.9 Å². The number of likely N-dealkylation sites (N-methyl/N-ethyl adjacent to an activating group) is 1. The smallest absolute Gasteiger partial charge is 0.249 e. The van der Waals surface area contributed by atoms with E-state index in [1.807, 2.05) is 31.3 Å². The first kappa shape index (κ1) is 17.6. The summed E-state index contributed by atoms with van der Waals surface area (Å²) in [4.78, 5) is 19.0. The minimum atomic E-state index is -0.478. The van der Waals surface area contributed by atoms with Crippen LogP contribution in [0, 0.1) is 0 Å². The molecule has 0 spiro atoms. The van der Waals surface area contributed by atoms with Crippen molar-refractivity contribution in [3.05, 3.63) is 48.0 Å². The monoisotopic (exact) mass is 342 g/mol. The third kappa shape index (κ3) is 4.08. The number of amides is 1. The summed E-state index contributed by atoms with van der Waals surface area (Å²) in [6.07, 6.45) is 4.99. The van der Waals surface area contributed by atoms with E-state index in [2.05, 4.69) is 33.1 Å². The Morgan fingerprint density at radius 3 is 3.04 bits per heavy atom. The van der Waals surface area contributed by atoms with Crippen molar-refractivity contribution in [3.8, 4) is 5.69 Å². The summed E-state index contributed by atoms with van der Waals surface area (Å²) in [5, 5.41) is 3.11. The fourth-order valence-electron chi connectivity index (χ4n) is 3.08. The van der Waals surface area contributed by atoms with Crippen LogP contribution in [0.15, 0.2) is 36.7 Å². The zero-order valence-electron chi connectivity index (χ0n) is 15.1. The number of aryl methyl sites for hydroxylation is 1. The lowest BCUT2D eigenvalue weighted by molar-refractivity contribution is -0.132. The van der Waals surface area contributed by atoms with Gasteiger partial charge in [0.25, 0.3) is 0 Å². The Balaban J connectivity index is 1.69. The van der Waals surface area contributed by atoms with Gasteiger partial charge in [0.05, 0.1) is 12.6 Å². The molecule has 6 heteroatoms. The van der Waals surface area contributed by atoms with E-state index >= 15 is 0 Å². The maximum atomic E-state index is 12.5. The molecule has 2 heterocycles. The molecule has 2 atom stereocenters. The van der Waals surface area contributed by atoms with Crippen LogP contribution in [0.5, 0.6) is 0 Å². The van der Waals surface area contributed by atoms with Gasteiger partial charge in [-0.15, -0.1) is 0 Å². The molecule has 1 aliphatic heterocycles. The zero-order valence-corrected chi connectivity index (χ0v) is 15.1. The number of hydrogen-bond acceptors (Lipinski definition) is 4. The number of hydrogen-bond donors (Lipinski definition) is 1. The van der Waals surface area contributed by atoms with E-state index in [9.17, 15) is 4.79 Å². The molecule has 1 N–H and O–H groups in total. The lowest BCUT2D eigenvalue weighted by Gasteiger charge is -2.20. The largest absolute Gasteiger partial charge is 0.367 e. The van der Waals surface area contributed by atoms with Gasteiger partial charge < -0.3 is 19.5 Å². The number of carbonyl (C=O) groups excluding carboxylic acids is 1. The Hall–Kier alpha value is -2.18. The number of para-hydroxylation sites is 1. The van der Waals surface area contributed by atoms with Gasteiger partial charge in [-0.25, -0.2) is 4.98 Å². The number of fused-ring (bicyclic) bond motifs is 3. The van der Waals surface area contributed by atoms with Gasteiger partial charge in [0.1, 0.15) is 11.9 Å². The van der Waals surface area contributed by atoms with Gasteiger partial charge in [-0.2, -0.15) is 0 Å². The van der Waals surface area contributed by atoms with Gasteiger partial charge in [-0.1, -0.05) is 18.2 Å². The Kier molecular flexibility index (Phi) is 5.50. The second-order valence-corrected chi connectivity index (χ2v) is 6.70. The molecule has 0 saturated carbocycles. The molecule has 0 bridgehead atoms. The average Bonchev–Trinajstić information content (AvgIpc) is 3.02. The molecule has 0 saturated heterocycles. The van der Waals surface area contributed by atoms with Crippen LogP contribution < -0.4 is 5.32 Å². The number of benzene rings is 1. The zero-order chi connectivity index (χ0) is 17.8. The van der Waals surface area contributed by atoms with Crippen LogP contribution in [0.4, 0.5) is 0 Å². The summed E-state index contributed by atoms with van der Waals surface area (Å²) in [5.74, 6) is 0.781. The molecule has 1 amide bonds. The number of nitrogens with one attached hydrogen (secondary N) is 1. The third-order valence-corrected chi connectivity index (χ3v) is 4.53. The fourth-order valence-corrected chi connectivity index (χ4v) is 3.08. The molecule has 1 aliphatic rings. The molecule has 0 fully saturated rings. The molecule has 2 aromatic rings.